The van der Waals surface area contributed by atoms with Crippen molar-refractivity contribution in [3.05, 3.63) is 58.1 Å². The molecular formula is C23H30N4O8S2. The second kappa shape index (κ2) is 11.9. The summed E-state index contributed by atoms with van der Waals surface area (Å²) in [7, 11) is -7.45. The van der Waals surface area contributed by atoms with Crippen LogP contribution >= 0.6 is 0 Å². The van der Waals surface area contributed by atoms with Gasteiger partial charge in [0.2, 0.25) is 26.0 Å². The number of anilines is 1. The molecule has 0 saturated carbocycles. The number of nitro benzene ring substituents is 1. The SMILES string of the molecule is Cc1c(N(CC(=O)NCCOc2ccc(S(=O)(=O)N3CCCCC3)cc2)S(C)(=O)=O)cccc1[N+](=O)[O-]. The molecule has 0 spiro atoms. The van der Waals surface area contributed by atoms with Crippen molar-refractivity contribution in [1.82, 2.24) is 9.62 Å². The van der Waals surface area contributed by atoms with Crippen molar-refractivity contribution in [1.29, 1.82) is 0 Å². The van der Waals surface area contributed by atoms with Gasteiger partial charge in [-0.25, -0.2) is 16.8 Å². The Balaban J connectivity index is 1.55. The van der Waals surface area contributed by atoms with Crippen LogP contribution in [0.5, 0.6) is 5.75 Å². The highest BCUT2D eigenvalue weighted by Gasteiger charge is 2.27. The van der Waals surface area contributed by atoms with Crippen LogP contribution in [0.3, 0.4) is 0 Å². The molecule has 1 N–H and O–H groups in total. The number of sulfonamides is 2. The molecule has 0 unspecified atom stereocenters. The molecule has 1 amide bonds. The van der Waals surface area contributed by atoms with E-state index >= 15 is 0 Å². The fraction of sp³-hybridized carbons (Fsp3) is 0.435. The first-order valence-electron chi connectivity index (χ1n) is 11.6. The van der Waals surface area contributed by atoms with Crippen molar-refractivity contribution >= 4 is 37.3 Å². The van der Waals surface area contributed by atoms with E-state index in [4.69, 9.17) is 4.74 Å². The molecule has 202 valence electrons. The smallest absolute Gasteiger partial charge is 0.274 e. The van der Waals surface area contributed by atoms with Crippen molar-refractivity contribution in [2.24, 2.45) is 0 Å². The molecule has 1 aliphatic heterocycles. The predicted molar refractivity (Wildman–Crippen MR) is 138 cm³/mol. The lowest BCUT2D eigenvalue weighted by Crippen LogP contribution is -2.41. The molecule has 0 bridgehead atoms. The average molecular weight is 555 g/mol. The predicted octanol–water partition coefficient (Wildman–Crippen LogP) is 2.04. The summed E-state index contributed by atoms with van der Waals surface area (Å²) in [5, 5.41) is 13.8. The van der Waals surface area contributed by atoms with Crippen molar-refractivity contribution in [3.63, 3.8) is 0 Å². The van der Waals surface area contributed by atoms with Gasteiger partial charge in [0.1, 0.15) is 18.9 Å². The molecule has 2 aromatic rings. The molecule has 1 fully saturated rings. The van der Waals surface area contributed by atoms with Gasteiger partial charge < -0.3 is 10.1 Å². The van der Waals surface area contributed by atoms with Crippen LogP contribution in [0.15, 0.2) is 47.4 Å². The molecule has 1 aliphatic rings. The zero-order valence-electron chi connectivity index (χ0n) is 20.6. The summed E-state index contributed by atoms with van der Waals surface area (Å²) in [5.74, 6) is -0.209. The largest absolute Gasteiger partial charge is 0.492 e. The van der Waals surface area contributed by atoms with Gasteiger partial charge in [0.15, 0.2) is 0 Å². The Morgan fingerprint density at radius 3 is 2.32 bits per heavy atom. The maximum absolute atomic E-state index is 12.7. The van der Waals surface area contributed by atoms with Crippen LogP contribution in [0.25, 0.3) is 0 Å². The number of carbonyl (C=O) groups excluding carboxylic acids is 1. The Labute approximate surface area is 216 Å². The minimum atomic E-state index is -3.91. The first-order valence-corrected chi connectivity index (χ1v) is 14.9. The fourth-order valence-electron chi connectivity index (χ4n) is 3.97. The van der Waals surface area contributed by atoms with Crippen molar-refractivity contribution in [3.8, 4) is 5.75 Å². The van der Waals surface area contributed by atoms with E-state index < -0.39 is 37.4 Å². The fourth-order valence-corrected chi connectivity index (χ4v) is 6.39. The summed E-state index contributed by atoms with van der Waals surface area (Å²) in [6.45, 7) is 1.98. The molecule has 0 radical (unpaired) electrons. The Morgan fingerprint density at radius 2 is 1.73 bits per heavy atom. The number of benzene rings is 2. The second-order valence-corrected chi connectivity index (χ2v) is 12.4. The maximum atomic E-state index is 12.7. The zero-order chi connectivity index (χ0) is 27.2. The van der Waals surface area contributed by atoms with Gasteiger partial charge in [-0.05, 0) is 50.1 Å². The van der Waals surface area contributed by atoms with Gasteiger partial charge in [0.25, 0.3) is 5.69 Å². The Morgan fingerprint density at radius 1 is 1.08 bits per heavy atom. The summed E-state index contributed by atoms with van der Waals surface area (Å²) in [4.78, 5) is 23.2. The molecular weight excluding hydrogens is 524 g/mol. The van der Waals surface area contributed by atoms with E-state index in [1.807, 2.05) is 0 Å². The lowest BCUT2D eigenvalue weighted by Gasteiger charge is -2.25. The van der Waals surface area contributed by atoms with E-state index in [0.29, 0.717) is 18.8 Å². The average Bonchev–Trinajstić information content (AvgIpc) is 2.85. The van der Waals surface area contributed by atoms with Gasteiger partial charge in [0.05, 0.1) is 33.9 Å². The third-order valence-electron chi connectivity index (χ3n) is 5.90. The monoisotopic (exact) mass is 554 g/mol. The number of carbonyl (C=O) groups is 1. The number of nitrogens with zero attached hydrogens (tertiary/aromatic N) is 3. The lowest BCUT2D eigenvalue weighted by atomic mass is 10.1. The van der Waals surface area contributed by atoms with Crippen LogP contribution in [0.1, 0.15) is 24.8 Å². The molecule has 0 atom stereocenters. The second-order valence-electron chi connectivity index (χ2n) is 8.58. The summed E-state index contributed by atoms with van der Waals surface area (Å²) >= 11 is 0. The standard InChI is InChI=1S/C23H30N4O8S2/c1-18-21(7-6-8-22(18)27(29)30)26(36(2,31)32)17-23(28)24-13-16-35-19-9-11-20(12-10-19)37(33,34)25-14-4-3-5-15-25/h6-12H,3-5,13-17H2,1-2H3,(H,24,28). The lowest BCUT2D eigenvalue weighted by molar-refractivity contribution is -0.385. The number of hydrogen-bond donors (Lipinski definition) is 1. The number of piperidine rings is 1. The Bertz CT molecular complexity index is 1340. The maximum Gasteiger partial charge on any atom is 0.274 e. The van der Waals surface area contributed by atoms with Crippen molar-refractivity contribution in [2.45, 2.75) is 31.1 Å². The minimum absolute atomic E-state index is 0.0442. The molecule has 12 nitrogen and oxygen atoms in total. The number of ether oxygens (including phenoxy) is 1. The Hall–Kier alpha value is -3.23. The van der Waals surface area contributed by atoms with Gasteiger partial charge in [-0.2, -0.15) is 4.31 Å². The van der Waals surface area contributed by atoms with Gasteiger partial charge >= 0.3 is 0 Å². The molecule has 0 aromatic heterocycles. The van der Waals surface area contributed by atoms with Crippen LogP contribution in [0.4, 0.5) is 11.4 Å². The molecule has 2 aromatic carbocycles. The molecule has 37 heavy (non-hydrogen) atoms. The molecule has 1 heterocycles. The third kappa shape index (κ3) is 7.17. The van der Waals surface area contributed by atoms with Gasteiger partial charge in [0, 0.05) is 19.2 Å². The first-order chi connectivity index (χ1) is 17.4. The highest BCUT2D eigenvalue weighted by Crippen LogP contribution is 2.29. The van der Waals surface area contributed by atoms with E-state index in [0.717, 1.165) is 29.8 Å². The first kappa shape index (κ1) is 28.3. The summed E-state index contributed by atoms with van der Waals surface area (Å²) in [6, 6.07) is 10.0. The van der Waals surface area contributed by atoms with Gasteiger partial charge in [-0.15, -0.1) is 0 Å². The van der Waals surface area contributed by atoms with Crippen LogP contribution < -0.4 is 14.4 Å². The van der Waals surface area contributed by atoms with Crippen LogP contribution in [0.2, 0.25) is 0 Å². The van der Waals surface area contributed by atoms with Gasteiger partial charge in [-0.3, -0.25) is 19.2 Å². The minimum Gasteiger partial charge on any atom is -0.492 e. The highest BCUT2D eigenvalue weighted by molar-refractivity contribution is 7.92. The number of nitro groups is 1. The van der Waals surface area contributed by atoms with Crippen molar-refractivity contribution < 1.29 is 31.3 Å². The van der Waals surface area contributed by atoms with E-state index in [9.17, 15) is 31.7 Å². The van der Waals surface area contributed by atoms with E-state index in [-0.39, 0.29) is 35.0 Å². The van der Waals surface area contributed by atoms with E-state index in [1.165, 1.54) is 53.7 Å². The van der Waals surface area contributed by atoms with Crippen LogP contribution in [-0.4, -0.2) is 71.0 Å². The van der Waals surface area contributed by atoms with Crippen LogP contribution in [-0.2, 0) is 24.8 Å². The summed E-state index contributed by atoms with van der Waals surface area (Å²) < 4.78 is 57.9. The van der Waals surface area contributed by atoms with Crippen LogP contribution in [0, 0.1) is 17.0 Å². The van der Waals surface area contributed by atoms with E-state index in [1.54, 1.807) is 0 Å². The number of hydrogen-bond acceptors (Lipinski definition) is 8. The van der Waals surface area contributed by atoms with E-state index in [2.05, 4.69) is 5.32 Å². The Kier molecular flexibility index (Phi) is 9.10. The molecule has 14 heteroatoms. The topological polar surface area (TPSA) is 156 Å². The highest BCUT2D eigenvalue weighted by atomic mass is 32.2. The number of rotatable bonds is 11. The van der Waals surface area contributed by atoms with Gasteiger partial charge in [-0.1, -0.05) is 12.5 Å². The number of nitrogens with one attached hydrogen (secondary N) is 1. The van der Waals surface area contributed by atoms with Crippen molar-refractivity contribution in [2.75, 3.05) is 43.3 Å². The molecule has 3 rings (SSSR count). The number of amides is 1. The molecule has 1 saturated heterocycles. The third-order valence-corrected chi connectivity index (χ3v) is 8.94. The normalized spacial score (nSPS) is 14.6. The zero-order valence-corrected chi connectivity index (χ0v) is 22.3. The molecule has 0 aliphatic carbocycles. The quantitative estimate of drug-likeness (QED) is 0.251. The summed E-state index contributed by atoms with van der Waals surface area (Å²) in [5.41, 5.74) is -0.0859. The summed E-state index contributed by atoms with van der Waals surface area (Å²) in [6.07, 6.45) is 3.63.